The Labute approximate surface area is 163 Å². The average Bonchev–Trinajstić information content (AvgIpc) is 3.16. The van der Waals surface area contributed by atoms with E-state index < -0.39 is 0 Å². The molecule has 0 fully saturated rings. The van der Waals surface area contributed by atoms with Crippen molar-refractivity contribution in [3.8, 4) is 0 Å². The van der Waals surface area contributed by atoms with Crippen LogP contribution in [0.25, 0.3) is 0 Å². The van der Waals surface area contributed by atoms with Gasteiger partial charge in [0.1, 0.15) is 0 Å². The number of nitrogens with two attached hydrogens (primary N) is 1. The molecular formula is C23H35N3O. The standard InChI is InChI=1S/C23H35N3O/c1-7-14(5)19(24)11-20-17(9-3)18(10-4)22(25-20)12-21-16(8-2)15(6)23(13-27)26-21/h13,25-26H,7-12,24H2,1-6H3/b19-14+. The number of hydrogen-bond acceptors (Lipinski definition) is 2. The molecule has 0 aromatic carbocycles. The fraction of sp³-hybridized carbons (Fsp3) is 0.522. The van der Waals surface area contributed by atoms with Gasteiger partial charge in [0.15, 0.2) is 6.29 Å². The first-order valence-electron chi connectivity index (χ1n) is 10.2. The first-order valence-corrected chi connectivity index (χ1v) is 10.2. The Morgan fingerprint density at radius 1 is 0.926 bits per heavy atom. The SMILES string of the molecule is CC/C(C)=C(/N)Cc1[nH]c(Cc2[nH]c(C=O)c(C)c2CC)c(CC)c1CC. The fourth-order valence-corrected chi connectivity index (χ4v) is 4.07. The Morgan fingerprint density at radius 3 is 2.00 bits per heavy atom. The molecule has 2 aromatic heterocycles. The zero-order chi connectivity index (χ0) is 20.1. The quantitative estimate of drug-likeness (QED) is 0.548. The number of aldehydes is 1. The maximum absolute atomic E-state index is 11.3. The van der Waals surface area contributed by atoms with E-state index in [9.17, 15) is 4.79 Å². The van der Waals surface area contributed by atoms with Crippen molar-refractivity contribution in [3.63, 3.8) is 0 Å². The molecule has 2 rings (SSSR count). The fourth-order valence-electron chi connectivity index (χ4n) is 4.07. The van der Waals surface area contributed by atoms with Crippen LogP contribution in [0.1, 0.15) is 90.9 Å². The summed E-state index contributed by atoms with van der Waals surface area (Å²) in [6.45, 7) is 12.9. The minimum absolute atomic E-state index is 0.702. The largest absolute Gasteiger partial charge is 0.402 e. The van der Waals surface area contributed by atoms with Gasteiger partial charge in [-0.1, -0.05) is 33.3 Å². The number of carbonyl (C=O) groups is 1. The summed E-state index contributed by atoms with van der Waals surface area (Å²) in [6, 6.07) is 0. The van der Waals surface area contributed by atoms with Gasteiger partial charge in [-0.15, -0.1) is 0 Å². The molecule has 0 aliphatic heterocycles. The van der Waals surface area contributed by atoms with Gasteiger partial charge in [0.2, 0.25) is 0 Å². The zero-order valence-electron chi connectivity index (χ0n) is 17.8. The van der Waals surface area contributed by atoms with Crippen molar-refractivity contribution < 1.29 is 4.79 Å². The maximum Gasteiger partial charge on any atom is 0.166 e. The van der Waals surface area contributed by atoms with Gasteiger partial charge >= 0.3 is 0 Å². The van der Waals surface area contributed by atoms with Crippen molar-refractivity contribution >= 4 is 6.29 Å². The second kappa shape index (κ2) is 9.12. The molecule has 0 aliphatic carbocycles. The van der Waals surface area contributed by atoms with E-state index in [1.165, 1.54) is 33.7 Å². The average molecular weight is 370 g/mol. The zero-order valence-corrected chi connectivity index (χ0v) is 17.8. The van der Waals surface area contributed by atoms with Gasteiger partial charge < -0.3 is 15.7 Å². The number of hydrogen-bond donors (Lipinski definition) is 3. The van der Waals surface area contributed by atoms with Crippen LogP contribution in [0.3, 0.4) is 0 Å². The lowest BCUT2D eigenvalue weighted by molar-refractivity contribution is 0.111. The number of carbonyl (C=O) groups excluding carboxylic acids is 1. The van der Waals surface area contributed by atoms with E-state index in [-0.39, 0.29) is 0 Å². The molecule has 0 saturated carbocycles. The normalized spacial score (nSPS) is 12.4. The highest BCUT2D eigenvalue weighted by Gasteiger charge is 2.19. The third-order valence-corrected chi connectivity index (χ3v) is 5.88. The molecule has 4 heteroatoms. The van der Waals surface area contributed by atoms with Crippen LogP contribution < -0.4 is 5.73 Å². The molecule has 0 aliphatic rings. The van der Waals surface area contributed by atoms with Crippen molar-refractivity contribution in [2.24, 2.45) is 5.73 Å². The van der Waals surface area contributed by atoms with E-state index in [1.54, 1.807) is 0 Å². The van der Waals surface area contributed by atoms with Crippen LogP contribution in [0, 0.1) is 6.92 Å². The van der Waals surface area contributed by atoms with Gasteiger partial charge in [-0.25, -0.2) is 0 Å². The minimum atomic E-state index is 0.702. The summed E-state index contributed by atoms with van der Waals surface area (Å²) < 4.78 is 0. The Hall–Kier alpha value is -2.23. The van der Waals surface area contributed by atoms with Crippen molar-refractivity contribution in [3.05, 3.63) is 56.3 Å². The number of allylic oxidation sites excluding steroid dienone is 2. The van der Waals surface area contributed by atoms with E-state index in [2.05, 4.69) is 44.6 Å². The Balaban J connectivity index is 2.48. The molecular weight excluding hydrogens is 334 g/mol. The monoisotopic (exact) mass is 369 g/mol. The van der Waals surface area contributed by atoms with Crippen molar-refractivity contribution in [1.82, 2.24) is 9.97 Å². The van der Waals surface area contributed by atoms with Gasteiger partial charge in [-0.3, -0.25) is 4.79 Å². The molecule has 2 aromatic rings. The molecule has 0 atom stereocenters. The minimum Gasteiger partial charge on any atom is -0.402 e. The summed E-state index contributed by atoms with van der Waals surface area (Å²) in [5, 5.41) is 0. The highest BCUT2D eigenvalue weighted by atomic mass is 16.1. The van der Waals surface area contributed by atoms with Crippen LogP contribution in [0.4, 0.5) is 0 Å². The van der Waals surface area contributed by atoms with Gasteiger partial charge in [-0.2, -0.15) is 0 Å². The molecule has 0 saturated heterocycles. The van der Waals surface area contributed by atoms with Gasteiger partial charge in [-0.05, 0) is 61.8 Å². The van der Waals surface area contributed by atoms with Crippen molar-refractivity contribution in [1.29, 1.82) is 0 Å². The van der Waals surface area contributed by atoms with Gasteiger partial charge in [0.05, 0.1) is 5.69 Å². The van der Waals surface area contributed by atoms with Crippen LogP contribution in [0.15, 0.2) is 11.3 Å². The smallest absolute Gasteiger partial charge is 0.166 e. The Bertz CT molecular complexity index is 836. The summed E-state index contributed by atoms with van der Waals surface area (Å²) >= 11 is 0. The second-order valence-corrected chi connectivity index (χ2v) is 7.35. The molecule has 148 valence electrons. The predicted octanol–water partition coefficient (Wildman–Crippen LogP) is 4.93. The molecule has 4 nitrogen and oxygen atoms in total. The lowest BCUT2D eigenvalue weighted by Crippen LogP contribution is -2.06. The number of nitrogens with one attached hydrogen (secondary N) is 2. The first kappa shape index (κ1) is 21.1. The number of rotatable bonds is 9. The van der Waals surface area contributed by atoms with Crippen molar-refractivity contribution in [2.45, 2.75) is 80.1 Å². The third kappa shape index (κ3) is 4.20. The summed E-state index contributed by atoms with van der Waals surface area (Å²) in [5.74, 6) is 0. The lowest BCUT2D eigenvalue weighted by Gasteiger charge is -2.07. The molecule has 0 amide bonds. The Kier molecular flexibility index (Phi) is 7.11. The van der Waals surface area contributed by atoms with E-state index in [0.717, 1.165) is 61.8 Å². The van der Waals surface area contributed by atoms with Crippen LogP contribution in [-0.2, 0) is 32.1 Å². The van der Waals surface area contributed by atoms with Crippen LogP contribution in [0.2, 0.25) is 0 Å². The van der Waals surface area contributed by atoms with Gasteiger partial charge in [0.25, 0.3) is 0 Å². The van der Waals surface area contributed by atoms with Gasteiger partial charge in [0, 0.05) is 35.6 Å². The number of aromatic amines is 2. The third-order valence-electron chi connectivity index (χ3n) is 5.88. The van der Waals surface area contributed by atoms with Crippen LogP contribution in [-0.4, -0.2) is 16.3 Å². The first-order chi connectivity index (χ1) is 12.9. The number of aromatic nitrogens is 2. The van der Waals surface area contributed by atoms with E-state index in [0.29, 0.717) is 5.69 Å². The highest BCUT2D eigenvalue weighted by Crippen LogP contribution is 2.27. The van der Waals surface area contributed by atoms with E-state index in [4.69, 9.17) is 5.73 Å². The molecule has 4 N–H and O–H groups in total. The van der Waals surface area contributed by atoms with Crippen LogP contribution in [0.5, 0.6) is 0 Å². The van der Waals surface area contributed by atoms with Crippen molar-refractivity contribution in [2.75, 3.05) is 0 Å². The summed E-state index contributed by atoms with van der Waals surface area (Å²) in [5.41, 5.74) is 18.0. The summed E-state index contributed by atoms with van der Waals surface area (Å²) in [4.78, 5) is 18.4. The molecule has 2 heterocycles. The Morgan fingerprint density at radius 2 is 1.48 bits per heavy atom. The molecule has 27 heavy (non-hydrogen) atoms. The number of H-pyrrole nitrogens is 2. The summed E-state index contributed by atoms with van der Waals surface area (Å²) in [7, 11) is 0. The topological polar surface area (TPSA) is 74.7 Å². The summed E-state index contributed by atoms with van der Waals surface area (Å²) in [6.07, 6.45) is 6.40. The molecule has 0 spiro atoms. The molecule has 0 unspecified atom stereocenters. The molecule has 0 radical (unpaired) electrons. The predicted molar refractivity (Wildman–Crippen MR) is 114 cm³/mol. The highest BCUT2D eigenvalue weighted by molar-refractivity contribution is 5.76. The van der Waals surface area contributed by atoms with Crippen LogP contribution >= 0.6 is 0 Å². The maximum atomic E-state index is 11.3. The second-order valence-electron chi connectivity index (χ2n) is 7.35. The van der Waals surface area contributed by atoms with E-state index in [1.807, 2.05) is 6.92 Å². The molecule has 0 bridgehead atoms. The lowest BCUT2D eigenvalue weighted by atomic mass is 9.98. The van der Waals surface area contributed by atoms with E-state index >= 15 is 0 Å².